The molecular formula is C23H28N4O7. The van der Waals surface area contributed by atoms with Crippen LogP contribution in [0.5, 0.6) is 5.75 Å². The van der Waals surface area contributed by atoms with Gasteiger partial charge >= 0.3 is 0 Å². The Bertz CT molecular complexity index is 1220. The van der Waals surface area contributed by atoms with Crippen LogP contribution in [0.4, 0.5) is 11.4 Å². The van der Waals surface area contributed by atoms with Crippen LogP contribution in [0.1, 0.15) is 17.5 Å². The van der Waals surface area contributed by atoms with E-state index in [1.807, 2.05) is 0 Å². The number of aromatic hydroxyl groups is 1. The molecule has 3 aliphatic carbocycles. The van der Waals surface area contributed by atoms with Crippen molar-refractivity contribution in [3.05, 3.63) is 34.1 Å². The van der Waals surface area contributed by atoms with Crippen molar-refractivity contribution in [1.82, 2.24) is 4.90 Å². The van der Waals surface area contributed by atoms with E-state index in [1.54, 1.807) is 39.2 Å². The molecule has 0 radical (unpaired) electrons. The van der Waals surface area contributed by atoms with Crippen molar-refractivity contribution in [3.63, 3.8) is 0 Å². The number of phenolic OH excluding ortho intramolecular Hbond substituents is 1. The number of aliphatic hydroxyl groups is 3. The third-order valence-electron chi connectivity index (χ3n) is 7.21. The van der Waals surface area contributed by atoms with E-state index in [-0.39, 0.29) is 29.7 Å². The molecule has 4 atom stereocenters. The molecule has 0 spiro atoms. The molecule has 182 valence electrons. The van der Waals surface area contributed by atoms with E-state index in [0.29, 0.717) is 11.3 Å². The van der Waals surface area contributed by atoms with Crippen LogP contribution in [-0.2, 0) is 20.8 Å². The van der Waals surface area contributed by atoms with Gasteiger partial charge in [0.1, 0.15) is 22.8 Å². The lowest BCUT2D eigenvalue weighted by molar-refractivity contribution is -0.153. The van der Waals surface area contributed by atoms with Gasteiger partial charge in [0, 0.05) is 31.3 Å². The lowest BCUT2D eigenvalue weighted by Gasteiger charge is -2.50. The molecule has 11 heteroatoms. The number of nitrogens with zero attached hydrogens (tertiary/aromatic N) is 2. The molecule has 8 N–H and O–H groups in total. The number of aliphatic hydroxyl groups excluding tert-OH is 2. The highest BCUT2D eigenvalue weighted by Crippen LogP contribution is 2.54. The van der Waals surface area contributed by atoms with Crippen LogP contribution >= 0.6 is 0 Å². The number of fused-ring (bicyclic) bond motifs is 3. The molecule has 4 rings (SSSR count). The summed E-state index contributed by atoms with van der Waals surface area (Å²) in [5.41, 5.74) is 8.68. The maximum absolute atomic E-state index is 13.7. The van der Waals surface area contributed by atoms with Gasteiger partial charge in [-0.3, -0.25) is 19.3 Å². The van der Waals surface area contributed by atoms with E-state index in [4.69, 9.17) is 11.5 Å². The van der Waals surface area contributed by atoms with Gasteiger partial charge in [-0.15, -0.1) is 0 Å². The number of anilines is 2. The van der Waals surface area contributed by atoms with Gasteiger partial charge in [0.15, 0.2) is 11.4 Å². The van der Waals surface area contributed by atoms with Crippen LogP contribution in [-0.4, -0.2) is 82.6 Å². The Balaban J connectivity index is 2.01. The number of hydrogen-bond donors (Lipinski definition) is 6. The highest BCUT2D eigenvalue weighted by molar-refractivity contribution is 6.24. The van der Waals surface area contributed by atoms with Crippen molar-refractivity contribution in [1.29, 1.82) is 0 Å². The van der Waals surface area contributed by atoms with Crippen LogP contribution in [0.25, 0.3) is 5.76 Å². The molecule has 1 fully saturated rings. The number of Topliss-reactive ketones (excluding diaryl/α,β-unsaturated/α-hetero) is 2. The first-order valence-corrected chi connectivity index (χ1v) is 10.7. The van der Waals surface area contributed by atoms with Gasteiger partial charge in [-0.2, -0.15) is 0 Å². The van der Waals surface area contributed by atoms with E-state index in [2.05, 4.69) is 0 Å². The second-order valence-electron chi connectivity index (χ2n) is 9.54. The number of ketones is 2. The first-order valence-electron chi connectivity index (χ1n) is 10.7. The molecule has 1 amide bonds. The molecule has 11 nitrogen and oxygen atoms in total. The van der Waals surface area contributed by atoms with E-state index in [0.717, 1.165) is 0 Å². The standard InChI is InChI=1S/C23H28N4O7/c1-26(2)12-7-11(24)17(28)14-9(12)5-8-6-10-16(27(3)4)19(30)15(22(25)33)21(32)23(10,34)20(31)13(8)18(14)29/h7-8,10,16,28-29,32,34H,5-6,24H2,1-4H3,(H2,25,33)/t8-,10-,16?,23-/m0/s1. The van der Waals surface area contributed by atoms with Gasteiger partial charge in [0.05, 0.1) is 17.3 Å². The van der Waals surface area contributed by atoms with E-state index in [1.165, 1.54) is 4.90 Å². The summed E-state index contributed by atoms with van der Waals surface area (Å²) >= 11 is 0. The lowest BCUT2D eigenvalue weighted by Crippen LogP contribution is -2.65. The molecule has 0 saturated heterocycles. The molecule has 3 aliphatic rings. The number of phenols is 1. The van der Waals surface area contributed by atoms with Crippen LogP contribution in [0, 0.1) is 11.8 Å². The van der Waals surface area contributed by atoms with Crippen molar-refractivity contribution in [3.8, 4) is 5.75 Å². The van der Waals surface area contributed by atoms with Gasteiger partial charge in [0.25, 0.3) is 5.91 Å². The summed E-state index contributed by atoms with van der Waals surface area (Å²) in [6, 6.07) is 0.444. The summed E-state index contributed by atoms with van der Waals surface area (Å²) in [4.78, 5) is 42.0. The molecule has 0 heterocycles. The molecule has 1 unspecified atom stereocenters. The topological polar surface area (TPSA) is 191 Å². The third kappa shape index (κ3) is 2.86. The van der Waals surface area contributed by atoms with Gasteiger partial charge in [-0.1, -0.05) is 0 Å². The zero-order valence-corrected chi connectivity index (χ0v) is 19.3. The summed E-state index contributed by atoms with van der Waals surface area (Å²) in [6.45, 7) is 0. The third-order valence-corrected chi connectivity index (χ3v) is 7.21. The van der Waals surface area contributed by atoms with Gasteiger partial charge < -0.3 is 36.8 Å². The van der Waals surface area contributed by atoms with E-state index >= 15 is 0 Å². The maximum atomic E-state index is 13.7. The number of nitrogen functional groups attached to an aromatic ring is 1. The molecule has 0 bridgehead atoms. The number of rotatable bonds is 3. The Morgan fingerprint density at radius 2 is 1.76 bits per heavy atom. The molecule has 0 aliphatic heterocycles. The number of primary amides is 1. The minimum atomic E-state index is -2.66. The lowest BCUT2D eigenvalue weighted by atomic mass is 9.57. The summed E-state index contributed by atoms with van der Waals surface area (Å²) < 4.78 is 0. The average molecular weight is 472 g/mol. The van der Waals surface area contributed by atoms with E-state index < -0.39 is 63.8 Å². The summed E-state index contributed by atoms with van der Waals surface area (Å²) in [6.07, 6.45) is 0.236. The Kier molecular flexibility index (Phi) is 5.18. The number of carbonyl (C=O) groups excluding carboxylic acids is 3. The average Bonchev–Trinajstić information content (AvgIpc) is 2.72. The monoisotopic (exact) mass is 472 g/mol. The number of hydrogen-bond acceptors (Lipinski definition) is 10. The first-order chi connectivity index (χ1) is 15.7. The quantitative estimate of drug-likeness (QED) is 0.192. The van der Waals surface area contributed by atoms with Crippen molar-refractivity contribution in [2.24, 2.45) is 17.6 Å². The van der Waals surface area contributed by atoms with Gasteiger partial charge in [-0.05, 0) is 44.5 Å². The number of benzene rings is 1. The summed E-state index contributed by atoms with van der Waals surface area (Å²) in [7, 11) is 6.64. The number of nitrogens with two attached hydrogens (primary N) is 2. The highest BCUT2D eigenvalue weighted by atomic mass is 16.3. The Labute approximate surface area is 195 Å². The van der Waals surface area contributed by atoms with Crippen molar-refractivity contribution < 1.29 is 34.8 Å². The molecular weight excluding hydrogens is 444 g/mol. The first kappa shape index (κ1) is 23.6. The van der Waals surface area contributed by atoms with Crippen LogP contribution in [0.2, 0.25) is 0 Å². The zero-order chi connectivity index (χ0) is 25.4. The number of amides is 1. The molecule has 0 aromatic heterocycles. The second kappa shape index (κ2) is 7.47. The zero-order valence-electron chi connectivity index (χ0n) is 19.3. The molecule has 1 aromatic rings. The predicted molar refractivity (Wildman–Crippen MR) is 123 cm³/mol. The highest BCUT2D eigenvalue weighted by Gasteiger charge is 2.64. The minimum absolute atomic E-state index is 0.0115. The summed E-state index contributed by atoms with van der Waals surface area (Å²) in [5.74, 6) is -6.95. The van der Waals surface area contributed by atoms with Gasteiger partial charge in [-0.25, -0.2) is 0 Å². The maximum Gasteiger partial charge on any atom is 0.255 e. The fourth-order valence-corrected chi connectivity index (χ4v) is 5.71. The fourth-order valence-electron chi connectivity index (χ4n) is 5.71. The Hall–Kier alpha value is -3.57. The van der Waals surface area contributed by atoms with Crippen molar-refractivity contribution in [2.45, 2.75) is 24.5 Å². The Morgan fingerprint density at radius 3 is 2.29 bits per heavy atom. The van der Waals surface area contributed by atoms with Gasteiger partial charge in [0.2, 0.25) is 5.78 Å². The summed E-state index contributed by atoms with van der Waals surface area (Å²) in [5, 5.41) is 44.2. The molecule has 1 saturated carbocycles. The van der Waals surface area contributed by atoms with Crippen molar-refractivity contribution in [2.75, 3.05) is 38.8 Å². The SMILES string of the molecule is CN(C)c1cc(N)c(O)c2c1C[C@H]1C[C@H]3C(N(C)C)C(=O)C(C(N)=O)=C(O)[C@@]3(O)C(=O)C1=C2O. The van der Waals surface area contributed by atoms with Crippen LogP contribution in [0.15, 0.2) is 23.0 Å². The normalized spacial score (nSPS) is 28.6. The Morgan fingerprint density at radius 1 is 1.15 bits per heavy atom. The fraction of sp³-hybridized carbons (Fsp3) is 0.435. The number of likely N-dealkylation sites (N-methyl/N-ethyl adjacent to an activating group) is 1. The van der Waals surface area contributed by atoms with Crippen LogP contribution in [0.3, 0.4) is 0 Å². The smallest absolute Gasteiger partial charge is 0.255 e. The van der Waals surface area contributed by atoms with E-state index in [9.17, 15) is 34.8 Å². The predicted octanol–water partition coefficient (Wildman–Crippen LogP) is -0.388. The second-order valence-corrected chi connectivity index (χ2v) is 9.54. The minimum Gasteiger partial charge on any atom is -0.508 e. The van der Waals surface area contributed by atoms with Crippen molar-refractivity contribution >= 4 is 34.6 Å². The largest absolute Gasteiger partial charge is 0.508 e. The molecule has 1 aromatic carbocycles. The molecule has 34 heavy (non-hydrogen) atoms. The van der Waals surface area contributed by atoms with Crippen LogP contribution < -0.4 is 16.4 Å². The number of carbonyl (C=O) groups is 3.